The summed E-state index contributed by atoms with van der Waals surface area (Å²) in [4.78, 5) is 26.9. The van der Waals surface area contributed by atoms with Crippen molar-refractivity contribution in [3.05, 3.63) is 59.2 Å². The molecule has 31 heavy (non-hydrogen) atoms. The highest BCUT2D eigenvalue weighted by atomic mass is 16.5. The molecular formula is C25H32N2O4. The second-order valence-electron chi connectivity index (χ2n) is 8.03. The van der Waals surface area contributed by atoms with Crippen LogP contribution in [0.25, 0.3) is 0 Å². The summed E-state index contributed by atoms with van der Waals surface area (Å²) in [5, 5.41) is 3.07. The minimum Gasteiger partial charge on any atom is -0.497 e. The minimum atomic E-state index is -0.104. The van der Waals surface area contributed by atoms with Crippen LogP contribution in [0.3, 0.4) is 0 Å². The van der Waals surface area contributed by atoms with Crippen molar-refractivity contribution in [2.24, 2.45) is 0 Å². The van der Waals surface area contributed by atoms with Gasteiger partial charge in [0.1, 0.15) is 11.5 Å². The number of nitrogens with zero attached hydrogens (tertiary/aromatic N) is 1. The molecule has 3 rings (SSSR count). The van der Waals surface area contributed by atoms with Gasteiger partial charge in [-0.3, -0.25) is 9.59 Å². The van der Waals surface area contributed by atoms with Crippen LogP contribution in [0, 0.1) is 13.8 Å². The van der Waals surface area contributed by atoms with E-state index in [1.807, 2.05) is 43.0 Å². The number of rotatable bonds is 8. The highest BCUT2D eigenvalue weighted by molar-refractivity contribution is 5.94. The van der Waals surface area contributed by atoms with Gasteiger partial charge < -0.3 is 19.7 Å². The minimum absolute atomic E-state index is 0.0788. The van der Waals surface area contributed by atoms with Crippen LogP contribution in [0.1, 0.15) is 47.2 Å². The van der Waals surface area contributed by atoms with E-state index in [2.05, 4.69) is 5.32 Å². The molecule has 0 aromatic heterocycles. The molecule has 1 saturated heterocycles. The van der Waals surface area contributed by atoms with Crippen LogP contribution in [-0.2, 0) is 4.79 Å². The first kappa shape index (κ1) is 22.7. The highest BCUT2D eigenvalue weighted by Gasteiger charge is 2.24. The quantitative estimate of drug-likeness (QED) is 0.653. The third-order valence-corrected chi connectivity index (χ3v) is 5.70. The molecule has 0 spiro atoms. The van der Waals surface area contributed by atoms with E-state index in [0.717, 1.165) is 29.7 Å². The first-order chi connectivity index (χ1) is 15.0. The van der Waals surface area contributed by atoms with Crippen molar-refractivity contribution < 1.29 is 19.1 Å². The maximum Gasteiger partial charge on any atom is 0.251 e. The van der Waals surface area contributed by atoms with Crippen molar-refractivity contribution in [1.82, 2.24) is 10.2 Å². The zero-order chi connectivity index (χ0) is 22.2. The number of carbonyl (C=O) groups excluding carboxylic acids is 2. The van der Waals surface area contributed by atoms with Crippen molar-refractivity contribution in [2.75, 3.05) is 26.8 Å². The second kappa shape index (κ2) is 10.8. The molecule has 0 bridgehead atoms. The van der Waals surface area contributed by atoms with Crippen molar-refractivity contribution in [1.29, 1.82) is 0 Å². The lowest BCUT2D eigenvalue weighted by atomic mass is 10.0. The summed E-state index contributed by atoms with van der Waals surface area (Å²) >= 11 is 0. The number of likely N-dealkylation sites (tertiary alicyclic amines) is 1. The molecule has 2 aromatic rings. The maximum atomic E-state index is 12.5. The third-order valence-electron chi connectivity index (χ3n) is 5.70. The zero-order valence-electron chi connectivity index (χ0n) is 18.6. The standard InChI is InChI=1S/C25H32N2O4/c1-18-7-4-8-19(2)24(18)31-16-6-11-23(28)27-14-12-21(13-15-27)26-25(29)20-9-5-10-22(17-20)30-3/h4-5,7-10,17,21H,6,11-16H2,1-3H3,(H,26,29). The molecule has 1 N–H and O–H groups in total. The van der Waals surface area contributed by atoms with Gasteiger partial charge in [0.15, 0.2) is 0 Å². The van der Waals surface area contributed by atoms with Crippen LogP contribution in [0.4, 0.5) is 0 Å². The summed E-state index contributed by atoms with van der Waals surface area (Å²) in [7, 11) is 1.58. The second-order valence-corrected chi connectivity index (χ2v) is 8.03. The fourth-order valence-electron chi connectivity index (χ4n) is 3.89. The van der Waals surface area contributed by atoms with Gasteiger partial charge in [0, 0.05) is 31.1 Å². The van der Waals surface area contributed by atoms with Gasteiger partial charge in [-0.05, 0) is 62.4 Å². The van der Waals surface area contributed by atoms with E-state index in [-0.39, 0.29) is 17.9 Å². The molecule has 0 unspecified atom stereocenters. The van der Waals surface area contributed by atoms with Gasteiger partial charge in [-0.15, -0.1) is 0 Å². The molecule has 6 heteroatoms. The Morgan fingerprint density at radius 3 is 2.42 bits per heavy atom. The normalized spacial score (nSPS) is 14.2. The first-order valence-electron chi connectivity index (χ1n) is 10.9. The number of hydrogen-bond donors (Lipinski definition) is 1. The number of carbonyl (C=O) groups is 2. The molecule has 0 saturated carbocycles. The summed E-state index contributed by atoms with van der Waals surface area (Å²) in [6.07, 6.45) is 2.70. The maximum absolute atomic E-state index is 12.5. The van der Waals surface area contributed by atoms with Gasteiger partial charge in [0.05, 0.1) is 13.7 Å². The summed E-state index contributed by atoms with van der Waals surface area (Å²) in [5.74, 6) is 1.63. The third kappa shape index (κ3) is 6.23. The first-order valence-corrected chi connectivity index (χ1v) is 10.9. The number of hydrogen-bond acceptors (Lipinski definition) is 4. The lowest BCUT2D eigenvalue weighted by Gasteiger charge is -2.32. The van der Waals surface area contributed by atoms with Crippen LogP contribution in [0.15, 0.2) is 42.5 Å². The van der Waals surface area contributed by atoms with Crippen LogP contribution in [0.2, 0.25) is 0 Å². The van der Waals surface area contributed by atoms with E-state index in [9.17, 15) is 9.59 Å². The van der Waals surface area contributed by atoms with Crippen LogP contribution >= 0.6 is 0 Å². The lowest BCUT2D eigenvalue weighted by molar-refractivity contribution is -0.132. The lowest BCUT2D eigenvalue weighted by Crippen LogP contribution is -2.46. The average molecular weight is 425 g/mol. The molecule has 1 aliphatic rings. The summed E-state index contributed by atoms with van der Waals surface area (Å²) in [6, 6.07) is 13.3. The van der Waals surface area contributed by atoms with E-state index >= 15 is 0 Å². The number of amides is 2. The molecule has 166 valence electrons. The Balaban J connectivity index is 1.38. The Hall–Kier alpha value is -3.02. The van der Waals surface area contributed by atoms with Gasteiger partial charge in [-0.25, -0.2) is 0 Å². The van der Waals surface area contributed by atoms with E-state index in [1.165, 1.54) is 0 Å². The molecule has 1 heterocycles. The monoisotopic (exact) mass is 424 g/mol. The van der Waals surface area contributed by atoms with Gasteiger partial charge in [-0.2, -0.15) is 0 Å². The number of methoxy groups -OCH3 is 1. The van der Waals surface area contributed by atoms with Crippen LogP contribution in [0.5, 0.6) is 11.5 Å². The topological polar surface area (TPSA) is 67.9 Å². The van der Waals surface area contributed by atoms with Crippen molar-refractivity contribution in [2.45, 2.75) is 45.6 Å². The molecule has 6 nitrogen and oxygen atoms in total. The zero-order valence-corrected chi connectivity index (χ0v) is 18.6. The Morgan fingerprint density at radius 2 is 1.74 bits per heavy atom. The number of piperidine rings is 1. The molecule has 0 aliphatic carbocycles. The number of nitrogens with one attached hydrogen (secondary N) is 1. The van der Waals surface area contributed by atoms with Crippen molar-refractivity contribution in [3.63, 3.8) is 0 Å². The molecular weight excluding hydrogens is 392 g/mol. The fourth-order valence-corrected chi connectivity index (χ4v) is 3.89. The molecule has 1 aliphatic heterocycles. The summed E-state index contributed by atoms with van der Waals surface area (Å²) < 4.78 is 11.1. The summed E-state index contributed by atoms with van der Waals surface area (Å²) in [6.45, 7) is 5.93. The number of aryl methyl sites for hydroxylation is 2. The predicted octanol–water partition coefficient (Wildman–Crippen LogP) is 3.89. The smallest absolute Gasteiger partial charge is 0.251 e. The van der Waals surface area contributed by atoms with Gasteiger partial charge >= 0.3 is 0 Å². The number of para-hydroxylation sites is 1. The Bertz CT molecular complexity index is 884. The number of ether oxygens (including phenoxy) is 2. The van der Waals surface area contributed by atoms with E-state index in [1.54, 1.807) is 25.3 Å². The van der Waals surface area contributed by atoms with E-state index < -0.39 is 0 Å². The SMILES string of the molecule is COc1cccc(C(=O)NC2CCN(C(=O)CCCOc3c(C)cccc3C)CC2)c1. The largest absolute Gasteiger partial charge is 0.497 e. The van der Waals surface area contributed by atoms with Gasteiger partial charge in [0.25, 0.3) is 5.91 Å². The summed E-state index contributed by atoms with van der Waals surface area (Å²) in [5.41, 5.74) is 2.82. The highest BCUT2D eigenvalue weighted by Crippen LogP contribution is 2.22. The van der Waals surface area contributed by atoms with E-state index in [4.69, 9.17) is 9.47 Å². The van der Waals surface area contributed by atoms with Gasteiger partial charge in [-0.1, -0.05) is 24.3 Å². The molecule has 0 atom stereocenters. The molecule has 1 fully saturated rings. The Morgan fingerprint density at radius 1 is 1.06 bits per heavy atom. The number of benzene rings is 2. The predicted molar refractivity (Wildman–Crippen MR) is 121 cm³/mol. The van der Waals surface area contributed by atoms with E-state index in [0.29, 0.717) is 43.9 Å². The average Bonchev–Trinajstić information content (AvgIpc) is 2.78. The molecule has 2 amide bonds. The van der Waals surface area contributed by atoms with Gasteiger partial charge in [0.2, 0.25) is 5.91 Å². The van der Waals surface area contributed by atoms with Crippen molar-refractivity contribution >= 4 is 11.8 Å². The van der Waals surface area contributed by atoms with Crippen molar-refractivity contribution in [3.8, 4) is 11.5 Å². The molecule has 0 radical (unpaired) electrons. The fraction of sp³-hybridized carbons (Fsp3) is 0.440. The van der Waals surface area contributed by atoms with Crippen LogP contribution < -0.4 is 14.8 Å². The van der Waals surface area contributed by atoms with Crippen LogP contribution in [-0.4, -0.2) is 49.6 Å². The molecule has 2 aromatic carbocycles. The Kier molecular flexibility index (Phi) is 7.93. The Labute approximate surface area is 184 Å².